The second-order valence-electron chi connectivity index (χ2n) is 8.23. The summed E-state index contributed by atoms with van der Waals surface area (Å²) in [5, 5.41) is 26.8. The van der Waals surface area contributed by atoms with Crippen molar-refractivity contribution in [1.29, 1.82) is 0 Å². The Balaban J connectivity index is 2.07. The lowest BCUT2D eigenvalue weighted by molar-refractivity contribution is 0.0521. The topological polar surface area (TPSA) is 80.2 Å². The zero-order valence-corrected chi connectivity index (χ0v) is 18.6. The molecular weight excluding hydrogens is 394 g/mol. The molecule has 0 aromatic heterocycles. The Morgan fingerprint density at radius 1 is 1.03 bits per heavy atom. The van der Waals surface area contributed by atoms with E-state index in [-0.39, 0.29) is 30.4 Å². The minimum atomic E-state index is -0.0232. The van der Waals surface area contributed by atoms with E-state index in [1.807, 2.05) is 32.0 Å². The van der Waals surface area contributed by atoms with Gasteiger partial charge in [0.25, 0.3) is 0 Å². The summed E-state index contributed by atoms with van der Waals surface area (Å²) in [7, 11) is 3.21. The van der Waals surface area contributed by atoms with Gasteiger partial charge in [0.2, 0.25) is 0 Å². The van der Waals surface area contributed by atoms with Crippen LogP contribution in [-0.4, -0.2) is 37.3 Å². The van der Waals surface area contributed by atoms with Crippen LogP contribution in [0.3, 0.4) is 0 Å². The molecule has 2 atom stereocenters. The van der Waals surface area contributed by atoms with Crippen LogP contribution < -0.4 is 14.8 Å². The summed E-state index contributed by atoms with van der Waals surface area (Å²) < 4.78 is 16.6. The Kier molecular flexibility index (Phi) is 5.69. The maximum Gasteiger partial charge on any atom is 0.188 e. The first-order valence-corrected chi connectivity index (χ1v) is 10.4. The maximum atomic E-state index is 11.0. The molecule has 3 N–H and O–H groups in total. The lowest BCUT2D eigenvalue weighted by Gasteiger charge is -2.32. The van der Waals surface area contributed by atoms with Crippen molar-refractivity contribution in [2.45, 2.75) is 39.3 Å². The van der Waals surface area contributed by atoms with Crippen LogP contribution in [0.5, 0.6) is 23.0 Å². The fourth-order valence-electron chi connectivity index (χ4n) is 4.77. The van der Waals surface area contributed by atoms with Crippen LogP contribution in [0.2, 0.25) is 0 Å². The Morgan fingerprint density at radius 3 is 2.52 bits per heavy atom. The van der Waals surface area contributed by atoms with Gasteiger partial charge in [0.15, 0.2) is 6.79 Å². The third-order valence-electron chi connectivity index (χ3n) is 5.92. The first kappa shape index (κ1) is 21.3. The normalized spacial score (nSPS) is 18.1. The molecule has 3 aromatic carbocycles. The summed E-state index contributed by atoms with van der Waals surface area (Å²) in [5.41, 5.74) is 4.44. The predicted molar refractivity (Wildman–Crippen MR) is 121 cm³/mol. The first-order valence-electron chi connectivity index (χ1n) is 10.4. The van der Waals surface area contributed by atoms with Gasteiger partial charge in [-0.25, -0.2) is 0 Å². The van der Waals surface area contributed by atoms with Crippen LogP contribution in [0.4, 0.5) is 0 Å². The number of hydrogen-bond acceptors (Lipinski definition) is 6. The average Bonchev–Trinajstić information content (AvgIpc) is 2.71. The Hall–Kier alpha value is -2.96. The predicted octanol–water partition coefficient (Wildman–Crippen LogP) is 4.81. The van der Waals surface area contributed by atoms with E-state index in [0.29, 0.717) is 17.9 Å². The summed E-state index contributed by atoms with van der Waals surface area (Å²) in [4.78, 5) is 0. The number of rotatable bonds is 5. The molecule has 0 radical (unpaired) electrons. The van der Waals surface area contributed by atoms with Crippen LogP contribution in [0.15, 0.2) is 30.3 Å². The van der Waals surface area contributed by atoms with Gasteiger partial charge >= 0.3 is 0 Å². The lowest BCUT2D eigenvalue weighted by atomic mass is 9.83. The molecule has 31 heavy (non-hydrogen) atoms. The van der Waals surface area contributed by atoms with Gasteiger partial charge in [-0.2, -0.15) is 0 Å². The van der Waals surface area contributed by atoms with Gasteiger partial charge in [0.1, 0.15) is 23.0 Å². The van der Waals surface area contributed by atoms with Crippen molar-refractivity contribution in [3.63, 3.8) is 0 Å². The van der Waals surface area contributed by atoms with E-state index < -0.39 is 0 Å². The quantitative estimate of drug-likeness (QED) is 0.511. The smallest absolute Gasteiger partial charge is 0.188 e. The monoisotopic (exact) mass is 423 g/mol. The second-order valence-corrected chi connectivity index (χ2v) is 8.23. The molecule has 0 amide bonds. The zero-order chi connectivity index (χ0) is 22.3. The van der Waals surface area contributed by atoms with E-state index in [1.165, 1.54) is 6.07 Å². The summed E-state index contributed by atoms with van der Waals surface area (Å²) in [6.07, 6.45) is 0.698. The van der Waals surface area contributed by atoms with Crippen molar-refractivity contribution >= 4 is 10.8 Å². The van der Waals surface area contributed by atoms with Crippen molar-refractivity contribution in [3.8, 4) is 34.1 Å². The number of aryl methyl sites for hydroxylation is 1. The number of hydrogen-bond donors (Lipinski definition) is 3. The summed E-state index contributed by atoms with van der Waals surface area (Å²) in [6.45, 7) is 6.26. The SMILES string of the molecule is COCOc1ccc(-c2c(O)cc(O)c3c2C[C@@H](C)N[C@@H]3C)c2cc(C)cc(OC)c12. The molecule has 0 unspecified atom stereocenters. The molecule has 0 bridgehead atoms. The molecule has 164 valence electrons. The van der Waals surface area contributed by atoms with Gasteiger partial charge in [0, 0.05) is 36.4 Å². The van der Waals surface area contributed by atoms with E-state index in [2.05, 4.69) is 18.3 Å². The summed E-state index contributed by atoms with van der Waals surface area (Å²) in [5.74, 6) is 1.51. The Bertz CT molecular complexity index is 1140. The molecule has 0 spiro atoms. The molecule has 6 nitrogen and oxygen atoms in total. The Labute approximate surface area is 182 Å². The molecule has 1 heterocycles. The maximum absolute atomic E-state index is 11.0. The van der Waals surface area contributed by atoms with E-state index in [4.69, 9.17) is 14.2 Å². The van der Waals surface area contributed by atoms with Crippen LogP contribution in [-0.2, 0) is 11.2 Å². The fraction of sp³-hybridized carbons (Fsp3) is 0.360. The standard InChI is InChI=1S/C25H29NO5/c1-13-8-17-16(6-7-21(31-12-29-4)25(17)22(9-13)30-5)24-18-10-14(2)26-15(3)23(18)19(27)11-20(24)28/h6-9,11,14-15,26-28H,10,12H2,1-5H3/t14-,15-/m1/s1. The van der Waals surface area contributed by atoms with Crippen molar-refractivity contribution in [2.75, 3.05) is 21.0 Å². The minimum Gasteiger partial charge on any atom is -0.507 e. The third kappa shape index (κ3) is 3.66. The highest BCUT2D eigenvalue weighted by molar-refractivity contribution is 6.05. The van der Waals surface area contributed by atoms with E-state index in [1.54, 1.807) is 14.2 Å². The molecule has 3 aromatic rings. The number of phenolic OH excluding ortho intramolecular Hbond substituents is 2. The molecule has 4 rings (SSSR count). The van der Waals surface area contributed by atoms with Crippen LogP contribution >= 0.6 is 0 Å². The van der Waals surface area contributed by atoms with Gasteiger partial charge < -0.3 is 29.7 Å². The highest BCUT2D eigenvalue weighted by Crippen LogP contribution is 2.48. The molecule has 6 heteroatoms. The molecule has 1 aliphatic rings. The van der Waals surface area contributed by atoms with Gasteiger partial charge in [-0.15, -0.1) is 0 Å². The summed E-state index contributed by atoms with van der Waals surface area (Å²) >= 11 is 0. The number of benzene rings is 3. The fourth-order valence-corrected chi connectivity index (χ4v) is 4.77. The Morgan fingerprint density at radius 2 is 1.81 bits per heavy atom. The molecular formula is C25H29NO5. The number of fused-ring (bicyclic) bond motifs is 2. The van der Waals surface area contributed by atoms with E-state index >= 15 is 0 Å². The number of phenols is 2. The summed E-state index contributed by atoms with van der Waals surface area (Å²) in [6, 6.07) is 9.50. The van der Waals surface area contributed by atoms with Gasteiger partial charge in [0.05, 0.1) is 12.5 Å². The van der Waals surface area contributed by atoms with E-state index in [9.17, 15) is 10.2 Å². The average molecular weight is 424 g/mol. The van der Waals surface area contributed by atoms with Crippen LogP contribution in [0.1, 0.15) is 36.6 Å². The molecule has 0 fully saturated rings. The third-order valence-corrected chi connectivity index (χ3v) is 5.92. The van der Waals surface area contributed by atoms with E-state index in [0.717, 1.165) is 38.6 Å². The zero-order valence-electron chi connectivity index (χ0n) is 18.6. The number of methoxy groups -OCH3 is 2. The molecule has 0 saturated heterocycles. The minimum absolute atomic E-state index is 0.0232. The molecule has 0 aliphatic carbocycles. The largest absolute Gasteiger partial charge is 0.507 e. The highest BCUT2D eigenvalue weighted by atomic mass is 16.7. The van der Waals surface area contributed by atoms with Crippen molar-refractivity contribution < 1.29 is 24.4 Å². The molecule has 1 aliphatic heterocycles. The van der Waals surface area contributed by atoms with Crippen LogP contribution in [0, 0.1) is 6.92 Å². The highest BCUT2D eigenvalue weighted by Gasteiger charge is 2.29. The second kappa shape index (κ2) is 8.29. The van der Waals surface area contributed by atoms with Crippen molar-refractivity contribution in [3.05, 3.63) is 47.0 Å². The van der Waals surface area contributed by atoms with Crippen molar-refractivity contribution in [2.24, 2.45) is 0 Å². The number of aromatic hydroxyl groups is 2. The lowest BCUT2D eigenvalue weighted by Crippen LogP contribution is -2.36. The van der Waals surface area contributed by atoms with Crippen molar-refractivity contribution in [1.82, 2.24) is 5.32 Å². The van der Waals surface area contributed by atoms with Crippen LogP contribution in [0.25, 0.3) is 21.9 Å². The van der Waals surface area contributed by atoms with Gasteiger partial charge in [-0.1, -0.05) is 6.07 Å². The first-order chi connectivity index (χ1) is 14.8. The van der Waals surface area contributed by atoms with Gasteiger partial charge in [-0.3, -0.25) is 0 Å². The van der Waals surface area contributed by atoms with Gasteiger partial charge in [-0.05, 0) is 67.5 Å². The number of nitrogens with one attached hydrogen (secondary N) is 1. The number of ether oxygens (including phenoxy) is 3. The molecule has 0 saturated carbocycles.